The molecule has 5 nitrogen and oxygen atoms in total. The lowest BCUT2D eigenvalue weighted by Crippen LogP contribution is -2.51. The van der Waals surface area contributed by atoms with Crippen LogP contribution in [-0.2, 0) is 4.79 Å². The molecule has 1 saturated carbocycles. The second-order valence-corrected chi connectivity index (χ2v) is 6.20. The second kappa shape index (κ2) is 6.37. The molecule has 1 heterocycles. The van der Waals surface area contributed by atoms with Gasteiger partial charge < -0.3 is 15.7 Å². The zero-order valence-electron chi connectivity index (χ0n) is 11.5. The monoisotopic (exact) mass is 296 g/mol. The summed E-state index contributed by atoms with van der Waals surface area (Å²) in [5.41, 5.74) is 0.0997. The maximum atomic E-state index is 11.8. The van der Waals surface area contributed by atoms with E-state index in [0.29, 0.717) is 18.0 Å². The lowest BCUT2D eigenvalue weighted by Gasteiger charge is -2.28. The SMILES string of the molecule is CC(CO)(NC(=O)CCNC(=O)c1ccsc1)C1CC1. The van der Waals surface area contributed by atoms with Gasteiger partial charge in [0.25, 0.3) is 5.91 Å². The van der Waals surface area contributed by atoms with E-state index in [1.807, 2.05) is 12.3 Å². The summed E-state index contributed by atoms with van der Waals surface area (Å²) >= 11 is 1.46. The van der Waals surface area contributed by atoms with Crippen LogP contribution in [0.2, 0.25) is 0 Å². The number of amides is 2. The first-order chi connectivity index (χ1) is 9.55. The third-order valence-electron chi connectivity index (χ3n) is 3.65. The molecule has 0 aromatic carbocycles. The van der Waals surface area contributed by atoms with E-state index in [4.69, 9.17) is 0 Å². The molecule has 3 N–H and O–H groups in total. The third-order valence-corrected chi connectivity index (χ3v) is 4.34. The first-order valence-corrected chi connectivity index (χ1v) is 7.72. The fourth-order valence-corrected chi connectivity index (χ4v) is 2.79. The number of thiophene rings is 1. The van der Waals surface area contributed by atoms with Gasteiger partial charge in [-0.3, -0.25) is 9.59 Å². The number of nitrogens with one attached hydrogen (secondary N) is 2. The number of hydrogen-bond acceptors (Lipinski definition) is 4. The van der Waals surface area contributed by atoms with Crippen LogP contribution in [0, 0.1) is 5.92 Å². The van der Waals surface area contributed by atoms with E-state index >= 15 is 0 Å². The van der Waals surface area contributed by atoms with Crippen LogP contribution in [0.3, 0.4) is 0 Å². The second-order valence-electron chi connectivity index (χ2n) is 5.42. The molecule has 2 amide bonds. The first-order valence-electron chi connectivity index (χ1n) is 6.77. The highest BCUT2D eigenvalue weighted by molar-refractivity contribution is 7.08. The molecule has 0 bridgehead atoms. The summed E-state index contributed by atoms with van der Waals surface area (Å²) < 4.78 is 0. The largest absolute Gasteiger partial charge is 0.394 e. The lowest BCUT2D eigenvalue weighted by molar-refractivity contribution is -0.123. The van der Waals surface area contributed by atoms with Crippen LogP contribution in [0.15, 0.2) is 16.8 Å². The van der Waals surface area contributed by atoms with Crippen molar-refractivity contribution >= 4 is 23.2 Å². The molecule has 110 valence electrons. The van der Waals surface area contributed by atoms with E-state index in [-0.39, 0.29) is 24.8 Å². The average Bonchev–Trinajstić information content (AvgIpc) is 3.14. The van der Waals surface area contributed by atoms with Gasteiger partial charge in [-0.25, -0.2) is 0 Å². The third kappa shape index (κ3) is 3.80. The molecule has 6 heteroatoms. The minimum absolute atomic E-state index is 0.0509. The number of carbonyl (C=O) groups excluding carboxylic acids is 2. The van der Waals surface area contributed by atoms with E-state index < -0.39 is 5.54 Å². The van der Waals surface area contributed by atoms with Crippen LogP contribution in [0.25, 0.3) is 0 Å². The Morgan fingerprint density at radius 1 is 1.50 bits per heavy atom. The fourth-order valence-electron chi connectivity index (χ4n) is 2.16. The standard InChI is InChI=1S/C14H20N2O3S/c1-14(9-17,11-2-3-11)16-12(18)4-6-15-13(19)10-5-7-20-8-10/h5,7-8,11,17H,2-4,6,9H2,1H3,(H,15,19)(H,16,18). The van der Waals surface area contributed by atoms with E-state index in [2.05, 4.69) is 10.6 Å². The van der Waals surface area contributed by atoms with E-state index in [1.54, 1.807) is 11.4 Å². The van der Waals surface area contributed by atoms with Crippen LogP contribution < -0.4 is 10.6 Å². The minimum atomic E-state index is -0.519. The Balaban J connectivity index is 1.71. The Morgan fingerprint density at radius 2 is 2.25 bits per heavy atom. The lowest BCUT2D eigenvalue weighted by atomic mass is 9.97. The van der Waals surface area contributed by atoms with Crippen LogP contribution in [-0.4, -0.2) is 35.6 Å². The molecule has 1 atom stereocenters. The highest BCUT2D eigenvalue weighted by Crippen LogP contribution is 2.39. The summed E-state index contributed by atoms with van der Waals surface area (Å²) in [6.07, 6.45) is 2.32. The molecule has 0 radical (unpaired) electrons. The normalized spacial score (nSPS) is 17.3. The van der Waals surface area contributed by atoms with Crippen LogP contribution in [0.5, 0.6) is 0 Å². The Bertz CT molecular complexity index is 471. The van der Waals surface area contributed by atoms with Crippen molar-refractivity contribution < 1.29 is 14.7 Å². The van der Waals surface area contributed by atoms with E-state index in [9.17, 15) is 14.7 Å². The molecule has 0 spiro atoms. The number of aliphatic hydroxyl groups is 1. The molecular formula is C14H20N2O3S. The van der Waals surface area contributed by atoms with Crippen molar-refractivity contribution in [3.05, 3.63) is 22.4 Å². The molecule has 1 aliphatic carbocycles. The average molecular weight is 296 g/mol. The van der Waals surface area contributed by atoms with Gasteiger partial charge in [-0.15, -0.1) is 0 Å². The van der Waals surface area contributed by atoms with Gasteiger partial charge in [-0.1, -0.05) is 0 Å². The van der Waals surface area contributed by atoms with Gasteiger partial charge >= 0.3 is 0 Å². The van der Waals surface area contributed by atoms with E-state index in [1.165, 1.54) is 11.3 Å². The Hall–Kier alpha value is -1.40. The quantitative estimate of drug-likeness (QED) is 0.706. The summed E-state index contributed by atoms with van der Waals surface area (Å²) in [6, 6.07) is 1.75. The number of rotatable bonds is 7. The highest BCUT2D eigenvalue weighted by atomic mass is 32.1. The van der Waals surface area contributed by atoms with Gasteiger partial charge in [0.15, 0.2) is 0 Å². The topological polar surface area (TPSA) is 78.4 Å². The molecule has 1 aromatic rings. The van der Waals surface area contributed by atoms with Crippen LogP contribution >= 0.6 is 11.3 Å². The Kier molecular flexibility index (Phi) is 4.77. The molecule has 1 aliphatic rings. The van der Waals surface area contributed by atoms with Gasteiger partial charge in [0.1, 0.15) is 0 Å². The van der Waals surface area contributed by atoms with Gasteiger partial charge in [0, 0.05) is 23.9 Å². The van der Waals surface area contributed by atoms with Crippen molar-refractivity contribution in [2.24, 2.45) is 5.92 Å². The Labute approximate surface area is 122 Å². The van der Waals surface area contributed by atoms with Gasteiger partial charge in [0.2, 0.25) is 5.91 Å². The number of hydrogen-bond donors (Lipinski definition) is 3. The smallest absolute Gasteiger partial charge is 0.252 e. The van der Waals surface area contributed by atoms with Crippen molar-refractivity contribution in [1.82, 2.24) is 10.6 Å². The predicted octanol–water partition coefficient (Wildman–Crippen LogP) is 1.15. The highest BCUT2D eigenvalue weighted by Gasteiger charge is 2.41. The molecule has 1 aromatic heterocycles. The Morgan fingerprint density at radius 3 is 2.80 bits per heavy atom. The molecular weight excluding hydrogens is 276 g/mol. The summed E-state index contributed by atoms with van der Waals surface area (Å²) in [4.78, 5) is 23.5. The predicted molar refractivity (Wildman–Crippen MR) is 77.6 cm³/mol. The van der Waals surface area contributed by atoms with Crippen molar-refractivity contribution in [3.63, 3.8) is 0 Å². The van der Waals surface area contributed by atoms with Crippen LogP contribution in [0.1, 0.15) is 36.5 Å². The van der Waals surface area contributed by atoms with Crippen molar-refractivity contribution in [2.45, 2.75) is 31.7 Å². The van der Waals surface area contributed by atoms with Crippen LogP contribution in [0.4, 0.5) is 0 Å². The molecule has 0 aliphatic heterocycles. The van der Waals surface area contributed by atoms with Gasteiger partial charge in [-0.05, 0) is 37.1 Å². The summed E-state index contributed by atoms with van der Waals surface area (Å²) in [7, 11) is 0. The maximum absolute atomic E-state index is 11.8. The molecule has 2 rings (SSSR count). The first kappa shape index (κ1) is 15.0. The van der Waals surface area contributed by atoms with Crippen molar-refractivity contribution in [1.29, 1.82) is 0 Å². The molecule has 0 saturated heterocycles. The zero-order valence-corrected chi connectivity index (χ0v) is 12.3. The zero-order chi connectivity index (χ0) is 14.6. The molecule has 1 unspecified atom stereocenters. The summed E-state index contributed by atoms with van der Waals surface area (Å²) in [5, 5.41) is 18.6. The minimum Gasteiger partial charge on any atom is -0.394 e. The van der Waals surface area contributed by atoms with E-state index in [0.717, 1.165) is 12.8 Å². The van der Waals surface area contributed by atoms with Crippen molar-refractivity contribution in [2.75, 3.05) is 13.2 Å². The fraction of sp³-hybridized carbons (Fsp3) is 0.571. The summed E-state index contributed by atoms with van der Waals surface area (Å²) in [6.45, 7) is 2.11. The summed E-state index contributed by atoms with van der Waals surface area (Å²) in [5.74, 6) is 0.0714. The van der Waals surface area contributed by atoms with Crippen molar-refractivity contribution in [3.8, 4) is 0 Å². The molecule has 1 fully saturated rings. The molecule has 20 heavy (non-hydrogen) atoms. The number of carbonyl (C=O) groups is 2. The maximum Gasteiger partial charge on any atom is 0.252 e. The van der Waals surface area contributed by atoms with Gasteiger partial charge in [-0.2, -0.15) is 11.3 Å². The van der Waals surface area contributed by atoms with Gasteiger partial charge in [0.05, 0.1) is 12.1 Å². The number of aliphatic hydroxyl groups excluding tert-OH is 1.